The number of hydrogen-bond donors (Lipinski definition) is 2. The number of aliphatic imine (C=N–C) groups is 1. The van der Waals surface area contributed by atoms with Crippen molar-refractivity contribution in [2.45, 2.75) is 19.2 Å². The van der Waals surface area contributed by atoms with Crippen molar-refractivity contribution >= 4 is 5.96 Å². The molecule has 0 aromatic heterocycles. The van der Waals surface area contributed by atoms with Crippen molar-refractivity contribution in [1.82, 2.24) is 10.2 Å². The molecule has 1 aliphatic rings. The minimum atomic E-state index is 0.0731. The van der Waals surface area contributed by atoms with Gasteiger partial charge in [0.25, 0.3) is 0 Å². The maximum atomic E-state index is 9.21. The Morgan fingerprint density at radius 3 is 2.43 bits per heavy atom. The van der Waals surface area contributed by atoms with Crippen LogP contribution >= 0.6 is 0 Å². The van der Waals surface area contributed by atoms with Gasteiger partial charge in [-0.1, -0.05) is 78.9 Å². The van der Waals surface area contributed by atoms with Gasteiger partial charge in [-0.15, -0.1) is 0 Å². The third-order valence-corrected chi connectivity index (χ3v) is 5.16. The van der Waals surface area contributed by atoms with E-state index >= 15 is 0 Å². The first-order valence-corrected chi connectivity index (χ1v) is 9.60. The highest BCUT2D eigenvalue weighted by atomic mass is 16.3. The third kappa shape index (κ3) is 3.92. The monoisotopic (exact) mass is 371 g/mol. The van der Waals surface area contributed by atoms with Crippen LogP contribution < -0.4 is 5.32 Å². The van der Waals surface area contributed by atoms with Gasteiger partial charge in [-0.3, -0.25) is 4.99 Å². The van der Waals surface area contributed by atoms with Crippen LogP contribution in [0.2, 0.25) is 0 Å². The van der Waals surface area contributed by atoms with Crippen LogP contribution in [0.4, 0.5) is 0 Å². The lowest BCUT2D eigenvalue weighted by Gasteiger charge is -2.22. The summed E-state index contributed by atoms with van der Waals surface area (Å²) in [5.74, 6) is 0.916. The summed E-state index contributed by atoms with van der Waals surface area (Å²) in [5, 5.41) is 12.7. The van der Waals surface area contributed by atoms with Crippen LogP contribution in [-0.4, -0.2) is 29.6 Å². The second-order valence-corrected chi connectivity index (χ2v) is 7.14. The molecule has 142 valence electrons. The van der Waals surface area contributed by atoms with E-state index in [1.54, 1.807) is 0 Å². The number of aliphatic hydroxyl groups excluding tert-OH is 1. The lowest BCUT2D eigenvalue weighted by molar-refractivity contribution is 0.282. The van der Waals surface area contributed by atoms with Crippen molar-refractivity contribution in [2.75, 3.05) is 13.6 Å². The lowest BCUT2D eigenvalue weighted by atomic mass is 9.99. The van der Waals surface area contributed by atoms with Crippen molar-refractivity contribution in [3.8, 4) is 11.1 Å². The molecule has 3 aromatic carbocycles. The smallest absolute Gasteiger partial charge is 0.194 e. The van der Waals surface area contributed by atoms with Gasteiger partial charge in [0.1, 0.15) is 0 Å². The van der Waals surface area contributed by atoms with E-state index in [9.17, 15) is 5.11 Å². The highest BCUT2D eigenvalue weighted by Crippen LogP contribution is 2.25. The fraction of sp³-hybridized carbons (Fsp3) is 0.208. The molecule has 0 radical (unpaired) electrons. The Morgan fingerprint density at radius 1 is 0.964 bits per heavy atom. The van der Waals surface area contributed by atoms with E-state index in [4.69, 9.17) is 4.99 Å². The van der Waals surface area contributed by atoms with Crippen molar-refractivity contribution < 1.29 is 5.11 Å². The summed E-state index contributed by atoms with van der Waals surface area (Å²) in [6, 6.07) is 27.3. The van der Waals surface area contributed by atoms with Gasteiger partial charge in [0.15, 0.2) is 5.96 Å². The summed E-state index contributed by atoms with van der Waals surface area (Å²) in [7, 11) is 2.07. The first-order valence-electron chi connectivity index (χ1n) is 9.60. The molecule has 0 spiro atoms. The first kappa shape index (κ1) is 18.3. The molecule has 2 N–H and O–H groups in total. The summed E-state index contributed by atoms with van der Waals surface area (Å²) in [4.78, 5) is 6.89. The molecule has 1 heterocycles. The van der Waals surface area contributed by atoms with Gasteiger partial charge >= 0.3 is 0 Å². The normalized spacial score (nSPS) is 15.8. The van der Waals surface area contributed by atoms with Crippen LogP contribution in [0.1, 0.15) is 22.7 Å². The Kier molecular flexibility index (Phi) is 5.40. The van der Waals surface area contributed by atoms with Crippen LogP contribution in [-0.2, 0) is 13.2 Å². The van der Waals surface area contributed by atoms with Crippen molar-refractivity contribution in [2.24, 2.45) is 4.99 Å². The van der Waals surface area contributed by atoms with Crippen LogP contribution in [0.3, 0.4) is 0 Å². The van der Waals surface area contributed by atoms with Gasteiger partial charge in [-0.25, -0.2) is 0 Å². The molecule has 3 aromatic rings. The van der Waals surface area contributed by atoms with Gasteiger partial charge in [0.2, 0.25) is 0 Å². The SMILES string of the molecule is CN(Cc1ccccc1-c1ccccc1)C1=NCC(c2ccc(CO)cc2)N1. The molecule has 0 aliphatic carbocycles. The summed E-state index contributed by atoms with van der Waals surface area (Å²) < 4.78 is 0. The molecule has 0 fully saturated rings. The fourth-order valence-electron chi connectivity index (χ4n) is 3.59. The molecule has 1 unspecified atom stereocenters. The Labute approximate surface area is 166 Å². The van der Waals surface area contributed by atoms with E-state index < -0.39 is 0 Å². The highest BCUT2D eigenvalue weighted by Gasteiger charge is 2.22. The van der Waals surface area contributed by atoms with Crippen molar-refractivity contribution in [3.05, 3.63) is 95.6 Å². The Balaban J connectivity index is 1.46. The average Bonchev–Trinajstić information content (AvgIpc) is 3.25. The topological polar surface area (TPSA) is 47.9 Å². The van der Waals surface area contributed by atoms with E-state index in [1.165, 1.54) is 22.3 Å². The molecule has 4 rings (SSSR count). The molecule has 4 nitrogen and oxygen atoms in total. The number of nitrogens with one attached hydrogen (secondary N) is 1. The number of guanidine groups is 1. The van der Waals surface area contributed by atoms with Gasteiger partial charge < -0.3 is 15.3 Å². The first-order chi connectivity index (χ1) is 13.7. The number of rotatable bonds is 5. The minimum absolute atomic E-state index is 0.0731. The number of hydrogen-bond acceptors (Lipinski definition) is 4. The summed E-state index contributed by atoms with van der Waals surface area (Å²) in [6.07, 6.45) is 0. The average molecular weight is 371 g/mol. The highest BCUT2D eigenvalue weighted by molar-refractivity contribution is 5.82. The van der Waals surface area contributed by atoms with Gasteiger partial charge in [0.05, 0.1) is 19.2 Å². The molecule has 0 amide bonds. The summed E-state index contributed by atoms with van der Waals surface area (Å²) in [6.45, 7) is 1.58. The molecule has 0 saturated heterocycles. The molecule has 0 bridgehead atoms. The molecule has 1 atom stereocenters. The van der Waals surface area contributed by atoms with Crippen LogP contribution in [0.5, 0.6) is 0 Å². The summed E-state index contributed by atoms with van der Waals surface area (Å²) >= 11 is 0. The van der Waals surface area contributed by atoms with E-state index in [0.29, 0.717) is 0 Å². The molecule has 0 saturated carbocycles. The maximum absolute atomic E-state index is 9.21. The van der Waals surface area contributed by atoms with Gasteiger partial charge in [-0.2, -0.15) is 0 Å². The van der Waals surface area contributed by atoms with Crippen LogP contribution in [0, 0.1) is 0 Å². The van der Waals surface area contributed by atoms with E-state index in [1.807, 2.05) is 18.2 Å². The molecule has 28 heavy (non-hydrogen) atoms. The standard InChI is InChI=1S/C24H25N3O/c1-27(16-21-9-5-6-10-22(21)19-7-3-2-4-8-19)24-25-15-23(26-24)20-13-11-18(17-28)12-14-20/h2-14,23,28H,15-17H2,1H3,(H,25,26). The van der Waals surface area contributed by atoms with Crippen molar-refractivity contribution in [3.63, 3.8) is 0 Å². The van der Waals surface area contributed by atoms with Crippen LogP contribution in [0.25, 0.3) is 11.1 Å². The predicted molar refractivity (Wildman–Crippen MR) is 114 cm³/mol. The second kappa shape index (κ2) is 8.28. The maximum Gasteiger partial charge on any atom is 0.194 e. The molecule has 4 heteroatoms. The zero-order valence-corrected chi connectivity index (χ0v) is 16.0. The zero-order chi connectivity index (χ0) is 19.3. The van der Waals surface area contributed by atoms with E-state index in [0.717, 1.165) is 24.6 Å². The quantitative estimate of drug-likeness (QED) is 0.713. The molecular weight excluding hydrogens is 346 g/mol. The summed E-state index contributed by atoms with van der Waals surface area (Å²) in [5.41, 5.74) is 5.88. The predicted octanol–water partition coefficient (Wildman–Crippen LogP) is 3.98. The zero-order valence-electron chi connectivity index (χ0n) is 16.0. The molecular formula is C24H25N3O. The Bertz CT molecular complexity index is 951. The Morgan fingerprint density at radius 2 is 1.68 bits per heavy atom. The van der Waals surface area contributed by atoms with Gasteiger partial charge in [0, 0.05) is 13.6 Å². The third-order valence-electron chi connectivity index (χ3n) is 5.16. The fourth-order valence-corrected chi connectivity index (χ4v) is 3.59. The Hall–Kier alpha value is -3.11. The van der Waals surface area contributed by atoms with E-state index in [2.05, 4.69) is 77.9 Å². The van der Waals surface area contributed by atoms with Crippen molar-refractivity contribution in [1.29, 1.82) is 0 Å². The number of aliphatic hydroxyl groups is 1. The van der Waals surface area contributed by atoms with E-state index in [-0.39, 0.29) is 12.6 Å². The minimum Gasteiger partial charge on any atom is -0.392 e. The number of nitrogens with zero attached hydrogens (tertiary/aromatic N) is 2. The number of benzene rings is 3. The lowest BCUT2D eigenvalue weighted by Crippen LogP contribution is -2.36. The van der Waals surface area contributed by atoms with Gasteiger partial charge in [-0.05, 0) is 27.8 Å². The van der Waals surface area contributed by atoms with Crippen LogP contribution in [0.15, 0.2) is 83.9 Å². The second-order valence-electron chi connectivity index (χ2n) is 7.14. The molecule has 1 aliphatic heterocycles. The largest absolute Gasteiger partial charge is 0.392 e.